The summed E-state index contributed by atoms with van der Waals surface area (Å²) in [6.07, 6.45) is 3.75. The van der Waals surface area contributed by atoms with E-state index in [-0.39, 0.29) is 29.7 Å². The molecule has 11 heteroatoms. The number of aromatic nitrogens is 1. The van der Waals surface area contributed by atoms with Gasteiger partial charge in [-0.15, -0.1) is 0 Å². The van der Waals surface area contributed by atoms with Crippen LogP contribution in [0.15, 0.2) is 18.2 Å². The standard InChI is InChI=1S/C24H31FN4O5S/c1-32-23(30)20-21(34-15-17-2-3-18-7-13-33-19(18)14-17)28-35-22(20)27-24(31)26-9-4-16-5-10-29(11-6-16)12-8-25/h2-3,14,16H,4-13,15H2,1H3,(H2,26,27,31). The van der Waals surface area contributed by atoms with E-state index in [0.717, 1.165) is 67.2 Å². The third-order valence-electron chi connectivity index (χ3n) is 6.36. The Kier molecular flexibility index (Phi) is 8.75. The summed E-state index contributed by atoms with van der Waals surface area (Å²) in [5, 5.41) is 5.80. The number of halogens is 1. The summed E-state index contributed by atoms with van der Waals surface area (Å²) in [6, 6.07) is 5.46. The van der Waals surface area contributed by atoms with Crippen LogP contribution in [-0.2, 0) is 17.8 Å². The van der Waals surface area contributed by atoms with Gasteiger partial charge in [0, 0.05) is 19.5 Å². The van der Waals surface area contributed by atoms with E-state index in [1.807, 2.05) is 18.2 Å². The molecule has 0 radical (unpaired) electrons. The predicted molar refractivity (Wildman–Crippen MR) is 130 cm³/mol. The van der Waals surface area contributed by atoms with E-state index in [4.69, 9.17) is 14.2 Å². The lowest BCUT2D eigenvalue weighted by Crippen LogP contribution is -2.37. The number of hydrogen-bond acceptors (Lipinski definition) is 8. The smallest absolute Gasteiger partial charge is 0.346 e. The maximum absolute atomic E-state index is 12.5. The van der Waals surface area contributed by atoms with E-state index in [1.54, 1.807) is 0 Å². The minimum Gasteiger partial charge on any atom is -0.493 e. The van der Waals surface area contributed by atoms with Crippen molar-refractivity contribution in [2.24, 2.45) is 5.92 Å². The largest absolute Gasteiger partial charge is 0.493 e. The Morgan fingerprint density at radius 3 is 2.91 bits per heavy atom. The van der Waals surface area contributed by atoms with Crippen molar-refractivity contribution >= 4 is 28.5 Å². The number of piperidine rings is 1. The Morgan fingerprint density at radius 1 is 1.31 bits per heavy atom. The summed E-state index contributed by atoms with van der Waals surface area (Å²) in [4.78, 5) is 27.0. The average Bonchev–Trinajstić information content (AvgIpc) is 3.50. The summed E-state index contributed by atoms with van der Waals surface area (Å²) in [5.74, 6) is 0.826. The van der Waals surface area contributed by atoms with Gasteiger partial charge < -0.3 is 24.4 Å². The molecule has 2 amide bonds. The van der Waals surface area contributed by atoms with Gasteiger partial charge in [0.25, 0.3) is 0 Å². The van der Waals surface area contributed by atoms with Crippen molar-refractivity contribution in [3.63, 3.8) is 0 Å². The van der Waals surface area contributed by atoms with Crippen molar-refractivity contribution in [1.29, 1.82) is 0 Å². The van der Waals surface area contributed by atoms with Gasteiger partial charge >= 0.3 is 12.0 Å². The number of esters is 1. The number of nitrogens with one attached hydrogen (secondary N) is 2. The van der Waals surface area contributed by atoms with E-state index >= 15 is 0 Å². The second-order valence-corrected chi connectivity index (χ2v) is 9.43. The molecular formula is C24H31FN4O5S. The van der Waals surface area contributed by atoms with Crippen LogP contribution in [0.25, 0.3) is 0 Å². The van der Waals surface area contributed by atoms with Crippen molar-refractivity contribution in [3.8, 4) is 11.6 Å². The normalized spacial score (nSPS) is 15.8. The van der Waals surface area contributed by atoms with Crippen LogP contribution in [-0.4, -0.2) is 67.8 Å². The summed E-state index contributed by atoms with van der Waals surface area (Å²) in [5.41, 5.74) is 2.14. The molecule has 0 atom stereocenters. The first-order chi connectivity index (χ1) is 17.1. The van der Waals surface area contributed by atoms with Crippen molar-refractivity contribution in [1.82, 2.24) is 14.6 Å². The molecule has 4 rings (SSSR count). The molecule has 2 aliphatic heterocycles. The monoisotopic (exact) mass is 506 g/mol. The number of benzene rings is 1. The van der Waals surface area contributed by atoms with Gasteiger partial charge in [-0.1, -0.05) is 12.1 Å². The third-order valence-corrected chi connectivity index (χ3v) is 7.11. The van der Waals surface area contributed by atoms with Crippen LogP contribution in [0.4, 0.5) is 14.2 Å². The minimum atomic E-state index is -0.638. The van der Waals surface area contributed by atoms with Crippen LogP contribution >= 0.6 is 11.5 Å². The maximum Gasteiger partial charge on any atom is 0.346 e. The van der Waals surface area contributed by atoms with E-state index in [9.17, 15) is 14.0 Å². The van der Waals surface area contributed by atoms with E-state index in [1.165, 1.54) is 7.11 Å². The first kappa shape index (κ1) is 25.2. The van der Waals surface area contributed by atoms with Crippen molar-refractivity contribution in [2.45, 2.75) is 32.3 Å². The lowest BCUT2D eigenvalue weighted by Gasteiger charge is -2.31. The number of likely N-dealkylation sites (tertiary alicyclic amines) is 1. The Bertz CT molecular complexity index is 1030. The number of anilines is 1. The van der Waals surface area contributed by atoms with Gasteiger partial charge in [0.2, 0.25) is 5.88 Å². The third kappa shape index (κ3) is 6.61. The van der Waals surface area contributed by atoms with Crippen LogP contribution in [0.2, 0.25) is 0 Å². The Morgan fingerprint density at radius 2 is 2.14 bits per heavy atom. The zero-order chi connectivity index (χ0) is 24.6. The van der Waals surface area contributed by atoms with Gasteiger partial charge in [-0.3, -0.25) is 5.32 Å². The zero-order valence-corrected chi connectivity index (χ0v) is 20.6. The van der Waals surface area contributed by atoms with Gasteiger partial charge in [-0.2, -0.15) is 4.37 Å². The highest BCUT2D eigenvalue weighted by atomic mass is 32.1. The Balaban J connectivity index is 1.28. The molecule has 35 heavy (non-hydrogen) atoms. The molecule has 190 valence electrons. The number of fused-ring (bicyclic) bond motifs is 1. The molecule has 1 aromatic carbocycles. The first-order valence-corrected chi connectivity index (χ1v) is 12.6. The van der Waals surface area contributed by atoms with Crippen molar-refractivity contribution in [3.05, 3.63) is 34.9 Å². The van der Waals surface area contributed by atoms with Crippen LogP contribution in [0.1, 0.15) is 40.7 Å². The number of carbonyl (C=O) groups is 2. The molecular weight excluding hydrogens is 475 g/mol. The fourth-order valence-corrected chi connectivity index (χ4v) is 5.07. The number of hydrogen-bond donors (Lipinski definition) is 2. The topological polar surface area (TPSA) is 102 Å². The van der Waals surface area contributed by atoms with Crippen LogP contribution in [0, 0.1) is 5.92 Å². The lowest BCUT2D eigenvalue weighted by molar-refractivity contribution is 0.0596. The number of urea groups is 1. The molecule has 1 saturated heterocycles. The van der Waals surface area contributed by atoms with Gasteiger partial charge in [0.15, 0.2) is 5.56 Å². The summed E-state index contributed by atoms with van der Waals surface area (Å²) in [7, 11) is 1.27. The molecule has 0 bridgehead atoms. The van der Waals surface area contributed by atoms with Gasteiger partial charge in [-0.25, -0.2) is 14.0 Å². The Labute approximate surface area is 208 Å². The molecule has 0 unspecified atom stereocenters. The highest BCUT2D eigenvalue weighted by Crippen LogP contribution is 2.32. The molecule has 1 aromatic heterocycles. The fourth-order valence-electron chi connectivity index (χ4n) is 4.35. The molecule has 2 aromatic rings. The minimum absolute atomic E-state index is 0.0882. The molecule has 1 fully saturated rings. The first-order valence-electron chi connectivity index (χ1n) is 11.9. The summed E-state index contributed by atoms with van der Waals surface area (Å²) < 4.78 is 33.0. The second kappa shape index (κ2) is 12.2. The second-order valence-electron chi connectivity index (χ2n) is 8.66. The number of methoxy groups -OCH3 is 1. The van der Waals surface area contributed by atoms with Gasteiger partial charge in [-0.05, 0) is 67.0 Å². The van der Waals surface area contributed by atoms with Gasteiger partial charge in [0.1, 0.15) is 24.0 Å². The number of ether oxygens (including phenoxy) is 3. The van der Waals surface area contributed by atoms with Crippen LogP contribution in [0.3, 0.4) is 0 Å². The molecule has 2 N–H and O–H groups in total. The Hall–Kier alpha value is -2.92. The van der Waals surface area contributed by atoms with E-state index < -0.39 is 12.0 Å². The van der Waals surface area contributed by atoms with Crippen LogP contribution in [0.5, 0.6) is 11.6 Å². The van der Waals surface area contributed by atoms with E-state index in [2.05, 4.69) is 19.9 Å². The maximum atomic E-state index is 12.5. The zero-order valence-electron chi connectivity index (χ0n) is 19.8. The molecule has 2 aliphatic rings. The van der Waals surface area contributed by atoms with Gasteiger partial charge in [0.05, 0.1) is 13.7 Å². The van der Waals surface area contributed by atoms with Crippen LogP contribution < -0.4 is 20.1 Å². The van der Waals surface area contributed by atoms with Crippen molar-refractivity contribution in [2.75, 3.05) is 51.9 Å². The quantitative estimate of drug-likeness (QED) is 0.475. The highest BCUT2D eigenvalue weighted by Gasteiger charge is 2.25. The predicted octanol–water partition coefficient (Wildman–Crippen LogP) is 3.64. The lowest BCUT2D eigenvalue weighted by atomic mass is 9.93. The number of nitrogens with zero attached hydrogens (tertiary/aromatic N) is 2. The summed E-state index contributed by atoms with van der Waals surface area (Å²) >= 11 is 0.961. The molecule has 0 spiro atoms. The molecule has 9 nitrogen and oxygen atoms in total. The number of alkyl halides is 1. The molecule has 0 saturated carbocycles. The fraction of sp³-hybridized carbons (Fsp3) is 0.542. The SMILES string of the molecule is COC(=O)c1c(OCc2ccc3c(c2)OCC3)nsc1NC(=O)NCCC1CCN(CCF)CC1. The van der Waals surface area contributed by atoms with Crippen molar-refractivity contribution < 1.29 is 28.2 Å². The molecule has 0 aliphatic carbocycles. The van der Waals surface area contributed by atoms with E-state index in [0.29, 0.717) is 25.6 Å². The highest BCUT2D eigenvalue weighted by molar-refractivity contribution is 7.11. The average molecular weight is 507 g/mol. The molecule has 3 heterocycles. The summed E-state index contributed by atoms with van der Waals surface area (Å²) in [6.45, 7) is 3.35. The number of carbonyl (C=O) groups excluding carboxylic acids is 2. The number of rotatable bonds is 10. The number of amides is 2.